The molecule has 0 bridgehead atoms. The van der Waals surface area contributed by atoms with Crippen molar-refractivity contribution in [2.24, 2.45) is 5.73 Å². The highest BCUT2D eigenvalue weighted by Crippen LogP contribution is 2.12. The fraction of sp³-hybridized carbons (Fsp3) is 0.500. The Balaban J connectivity index is 2.61. The summed E-state index contributed by atoms with van der Waals surface area (Å²) in [5.41, 5.74) is 7.19. The first-order valence-electron chi connectivity index (χ1n) is 6.18. The van der Waals surface area contributed by atoms with Crippen LogP contribution in [0, 0.1) is 6.92 Å². The highest BCUT2D eigenvalue weighted by molar-refractivity contribution is 5.93. The lowest BCUT2D eigenvalue weighted by molar-refractivity contribution is 0.0555. The van der Waals surface area contributed by atoms with Crippen LogP contribution < -0.4 is 11.1 Å². The lowest BCUT2D eigenvalue weighted by Crippen LogP contribution is -2.36. The summed E-state index contributed by atoms with van der Waals surface area (Å²) in [7, 11) is 0. The Morgan fingerprint density at radius 3 is 2.67 bits per heavy atom. The van der Waals surface area contributed by atoms with Gasteiger partial charge in [0.2, 0.25) is 5.91 Å². The SMILES string of the molecule is CCC(C)(O)CNCc1ccc(C(N)=O)cc1C. The molecule has 0 spiro atoms. The van der Waals surface area contributed by atoms with Crippen LogP contribution in [0.3, 0.4) is 0 Å². The van der Waals surface area contributed by atoms with E-state index in [0.717, 1.165) is 11.1 Å². The van der Waals surface area contributed by atoms with E-state index in [0.29, 0.717) is 25.1 Å². The molecule has 0 saturated heterocycles. The zero-order chi connectivity index (χ0) is 13.8. The van der Waals surface area contributed by atoms with E-state index in [1.165, 1.54) is 0 Å². The Bertz CT molecular complexity index is 428. The Hall–Kier alpha value is -1.39. The van der Waals surface area contributed by atoms with E-state index in [9.17, 15) is 9.90 Å². The van der Waals surface area contributed by atoms with Crippen LogP contribution in [-0.4, -0.2) is 23.2 Å². The Labute approximate surface area is 108 Å². The minimum atomic E-state index is -0.679. The molecule has 4 nitrogen and oxygen atoms in total. The van der Waals surface area contributed by atoms with Crippen molar-refractivity contribution in [1.29, 1.82) is 0 Å². The van der Waals surface area contributed by atoms with E-state index in [1.807, 2.05) is 26.8 Å². The van der Waals surface area contributed by atoms with Crippen molar-refractivity contribution in [2.75, 3.05) is 6.54 Å². The maximum absolute atomic E-state index is 11.0. The molecule has 0 aromatic heterocycles. The standard InChI is InChI=1S/C14H22N2O2/c1-4-14(3,18)9-16-8-12-6-5-11(13(15)17)7-10(12)2/h5-7,16,18H,4,8-9H2,1-3H3,(H2,15,17). The molecule has 0 saturated carbocycles. The van der Waals surface area contributed by atoms with Crippen LogP contribution >= 0.6 is 0 Å². The van der Waals surface area contributed by atoms with E-state index >= 15 is 0 Å². The van der Waals surface area contributed by atoms with E-state index in [1.54, 1.807) is 12.1 Å². The summed E-state index contributed by atoms with van der Waals surface area (Å²) in [6, 6.07) is 5.41. The molecule has 1 rings (SSSR count). The number of hydrogen-bond acceptors (Lipinski definition) is 3. The molecular weight excluding hydrogens is 228 g/mol. The summed E-state index contributed by atoms with van der Waals surface area (Å²) < 4.78 is 0. The van der Waals surface area contributed by atoms with Gasteiger partial charge in [-0.3, -0.25) is 4.79 Å². The number of aliphatic hydroxyl groups is 1. The van der Waals surface area contributed by atoms with Gasteiger partial charge in [0.05, 0.1) is 5.60 Å². The van der Waals surface area contributed by atoms with Crippen molar-refractivity contribution >= 4 is 5.91 Å². The fourth-order valence-corrected chi connectivity index (χ4v) is 1.64. The van der Waals surface area contributed by atoms with Gasteiger partial charge in [0, 0.05) is 18.7 Å². The molecule has 1 amide bonds. The summed E-state index contributed by atoms with van der Waals surface area (Å²) >= 11 is 0. The minimum Gasteiger partial charge on any atom is -0.389 e. The predicted molar refractivity (Wildman–Crippen MR) is 72.3 cm³/mol. The topological polar surface area (TPSA) is 75.3 Å². The van der Waals surface area contributed by atoms with Crippen LogP contribution in [0.2, 0.25) is 0 Å². The monoisotopic (exact) mass is 250 g/mol. The smallest absolute Gasteiger partial charge is 0.248 e. The van der Waals surface area contributed by atoms with Crippen molar-refractivity contribution in [2.45, 2.75) is 39.3 Å². The third-order valence-electron chi connectivity index (χ3n) is 3.21. The quantitative estimate of drug-likeness (QED) is 0.713. The first-order chi connectivity index (χ1) is 8.35. The maximum Gasteiger partial charge on any atom is 0.248 e. The maximum atomic E-state index is 11.0. The first-order valence-corrected chi connectivity index (χ1v) is 6.18. The number of nitrogens with two attached hydrogens (primary N) is 1. The van der Waals surface area contributed by atoms with Gasteiger partial charge in [-0.25, -0.2) is 0 Å². The van der Waals surface area contributed by atoms with Gasteiger partial charge in [-0.15, -0.1) is 0 Å². The molecule has 0 aliphatic heterocycles. The lowest BCUT2D eigenvalue weighted by Gasteiger charge is -2.22. The van der Waals surface area contributed by atoms with Crippen molar-refractivity contribution in [3.05, 3.63) is 34.9 Å². The first kappa shape index (κ1) is 14.7. The highest BCUT2D eigenvalue weighted by Gasteiger charge is 2.16. The predicted octanol–water partition coefficient (Wildman–Crippen LogP) is 1.34. The van der Waals surface area contributed by atoms with Gasteiger partial charge in [0.15, 0.2) is 0 Å². The molecule has 0 aliphatic rings. The fourth-order valence-electron chi connectivity index (χ4n) is 1.64. The van der Waals surface area contributed by atoms with Gasteiger partial charge in [0.25, 0.3) is 0 Å². The second-order valence-electron chi connectivity index (χ2n) is 4.96. The van der Waals surface area contributed by atoms with Crippen molar-refractivity contribution in [3.63, 3.8) is 0 Å². The molecule has 4 N–H and O–H groups in total. The van der Waals surface area contributed by atoms with Crippen molar-refractivity contribution in [3.8, 4) is 0 Å². The molecule has 1 unspecified atom stereocenters. The van der Waals surface area contributed by atoms with E-state index < -0.39 is 11.5 Å². The molecule has 0 radical (unpaired) electrons. The zero-order valence-corrected chi connectivity index (χ0v) is 11.3. The van der Waals surface area contributed by atoms with Crippen LogP contribution in [-0.2, 0) is 6.54 Å². The van der Waals surface area contributed by atoms with Gasteiger partial charge in [0.1, 0.15) is 0 Å². The zero-order valence-electron chi connectivity index (χ0n) is 11.3. The van der Waals surface area contributed by atoms with Crippen LogP contribution in [0.25, 0.3) is 0 Å². The van der Waals surface area contributed by atoms with E-state index in [2.05, 4.69) is 5.32 Å². The number of hydrogen-bond donors (Lipinski definition) is 3. The molecule has 0 aliphatic carbocycles. The number of rotatable bonds is 6. The number of benzene rings is 1. The highest BCUT2D eigenvalue weighted by atomic mass is 16.3. The Morgan fingerprint density at radius 2 is 2.17 bits per heavy atom. The van der Waals surface area contributed by atoms with Gasteiger partial charge < -0.3 is 16.2 Å². The molecule has 4 heteroatoms. The molecule has 0 fully saturated rings. The number of primary amides is 1. The number of nitrogens with one attached hydrogen (secondary N) is 1. The van der Waals surface area contributed by atoms with Crippen molar-refractivity contribution < 1.29 is 9.90 Å². The molecule has 100 valence electrons. The van der Waals surface area contributed by atoms with Crippen LogP contribution in [0.4, 0.5) is 0 Å². The average molecular weight is 250 g/mol. The van der Waals surface area contributed by atoms with E-state index in [4.69, 9.17) is 5.73 Å². The van der Waals surface area contributed by atoms with Crippen molar-refractivity contribution in [1.82, 2.24) is 5.32 Å². The molecule has 1 aromatic rings. The lowest BCUT2D eigenvalue weighted by atomic mass is 10.0. The van der Waals surface area contributed by atoms with Gasteiger partial charge in [-0.1, -0.05) is 13.0 Å². The van der Waals surface area contributed by atoms with E-state index in [-0.39, 0.29) is 0 Å². The molecule has 1 atom stereocenters. The Morgan fingerprint density at radius 1 is 1.50 bits per heavy atom. The number of carbonyl (C=O) groups is 1. The second-order valence-corrected chi connectivity index (χ2v) is 4.96. The number of carbonyl (C=O) groups excluding carboxylic acids is 1. The summed E-state index contributed by atoms with van der Waals surface area (Å²) in [6.07, 6.45) is 0.708. The van der Waals surface area contributed by atoms with Gasteiger partial charge in [-0.05, 0) is 43.5 Å². The van der Waals surface area contributed by atoms with Crippen LogP contribution in [0.15, 0.2) is 18.2 Å². The largest absolute Gasteiger partial charge is 0.389 e. The molecule has 1 aromatic carbocycles. The molecular formula is C14H22N2O2. The summed E-state index contributed by atoms with van der Waals surface area (Å²) in [5, 5.41) is 13.1. The Kier molecular flexibility index (Phi) is 4.87. The summed E-state index contributed by atoms with van der Waals surface area (Å²) in [5.74, 6) is -0.411. The van der Waals surface area contributed by atoms with Gasteiger partial charge >= 0.3 is 0 Å². The average Bonchev–Trinajstić information content (AvgIpc) is 2.31. The van der Waals surface area contributed by atoms with Gasteiger partial charge in [-0.2, -0.15) is 0 Å². The minimum absolute atomic E-state index is 0.411. The second kappa shape index (κ2) is 5.98. The van der Waals surface area contributed by atoms with Crippen LogP contribution in [0.5, 0.6) is 0 Å². The number of amides is 1. The third kappa shape index (κ3) is 4.13. The normalized spacial score (nSPS) is 14.2. The summed E-state index contributed by atoms with van der Waals surface area (Å²) in [6.45, 7) is 6.92. The van der Waals surface area contributed by atoms with Crippen LogP contribution in [0.1, 0.15) is 41.8 Å². The summed E-state index contributed by atoms with van der Waals surface area (Å²) in [4.78, 5) is 11.0. The number of aryl methyl sites for hydroxylation is 1. The molecule has 0 heterocycles. The third-order valence-corrected chi connectivity index (χ3v) is 3.21. The molecule has 18 heavy (non-hydrogen) atoms.